The Morgan fingerprint density at radius 2 is 2.08 bits per heavy atom. The van der Waals surface area contributed by atoms with Crippen molar-refractivity contribution in [2.24, 2.45) is 0 Å². The first-order chi connectivity index (χ1) is 12.2. The molecule has 1 fully saturated rings. The number of fused-ring (bicyclic) bond motifs is 1. The van der Waals surface area contributed by atoms with Crippen molar-refractivity contribution in [2.45, 2.75) is 25.8 Å². The molecule has 1 unspecified atom stereocenters. The van der Waals surface area contributed by atoms with Crippen LogP contribution in [-0.4, -0.2) is 44.7 Å². The number of sulfonamides is 1. The van der Waals surface area contributed by atoms with Crippen LogP contribution in [-0.2, 0) is 10.0 Å². The van der Waals surface area contributed by atoms with Gasteiger partial charge in [-0.05, 0) is 37.5 Å². The number of piperidine rings is 1. The zero-order valence-electron chi connectivity index (χ0n) is 14.6. The fourth-order valence-electron chi connectivity index (χ4n) is 3.17. The van der Waals surface area contributed by atoms with Crippen LogP contribution < -0.4 is 15.7 Å². The van der Waals surface area contributed by atoms with E-state index in [0.29, 0.717) is 37.2 Å². The molecule has 26 heavy (non-hydrogen) atoms. The topological polar surface area (TPSA) is 109 Å². The van der Waals surface area contributed by atoms with E-state index in [1.807, 2.05) is 6.92 Å². The largest absolute Gasteiger partial charge is 0.423 e. The van der Waals surface area contributed by atoms with Crippen LogP contribution in [0.5, 0.6) is 0 Å². The number of likely N-dealkylation sites (tertiary alicyclic amines) is 1. The van der Waals surface area contributed by atoms with Gasteiger partial charge in [-0.25, -0.2) is 22.7 Å². The van der Waals surface area contributed by atoms with Crippen LogP contribution in [0.1, 0.15) is 18.4 Å². The van der Waals surface area contributed by atoms with Gasteiger partial charge >= 0.3 is 11.7 Å². The Balaban J connectivity index is 1.73. The molecule has 140 valence electrons. The third-order valence-corrected chi connectivity index (χ3v) is 5.05. The van der Waals surface area contributed by atoms with Gasteiger partial charge in [0.2, 0.25) is 10.0 Å². The molecule has 2 aromatic rings. The van der Waals surface area contributed by atoms with E-state index < -0.39 is 15.6 Å². The van der Waals surface area contributed by atoms with Gasteiger partial charge in [0, 0.05) is 42.3 Å². The average Bonchev–Trinajstić information content (AvgIpc) is 2.53. The molecular weight excluding hydrogens is 358 g/mol. The molecule has 3 rings (SSSR count). The minimum atomic E-state index is -3.31. The summed E-state index contributed by atoms with van der Waals surface area (Å²) < 4.78 is 30.5. The van der Waals surface area contributed by atoms with Crippen molar-refractivity contribution in [1.29, 1.82) is 0 Å². The summed E-state index contributed by atoms with van der Waals surface area (Å²) >= 11 is 0. The van der Waals surface area contributed by atoms with Gasteiger partial charge in [0.05, 0.1) is 6.26 Å². The van der Waals surface area contributed by atoms with Crippen molar-refractivity contribution in [3.8, 4) is 0 Å². The summed E-state index contributed by atoms with van der Waals surface area (Å²) in [6.07, 6.45) is 2.51. The minimum absolute atomic E-state index is 0.290. The van der Waals surface area contributed by atoms with Crippen molar-refractivity contribution in [2.75, 3.05) is 24.7 Å². The van der Waals surface area contributed by atoms with Gasteiger partial charge in [0.15, 0.2) is 0 Å². The lowest BCUT2D eigenvalue weighted by molar-refractivity contribution is 0.190. The molecule has 1 aliphatic heterocycles. The van der Waals surface area contributed by atoms with Gasteiger partial charge < -0.3 is 14.6 Å². The second-order valence-electron chi connectivity index (χ2n) is 6.56. The fraction of sp³-hybridized carbons (Fsp3) is 0.412. The van der Waals surface area contributed by atoms with Crippen LogP contribution in [0.15, 0.2) is 33.5 Å². The van der Waals surface area contributed by atoms with Crippen LogP contribution in [0.2, 0.25) is 0 Å². The van der Waals surface area contributed by atoms with E-state index in [4.69, 9.17) is 4.42 Å². The SMILES string of the molecule is Cc1cc(=O)oc2cc(NC(=O)N3CCCC(NS(C)(=O)=O)C3)ccc12. The Labute approximate surface area is 151 Å². The number of carbonyl (C=O) groups is 1. The van der Waals surface area contributed by atoms with Crippen LogP contribution in [0.4, 0.5) is 10.5 Å². The first-order valence-electron chi connectivity index (χ1n) is 8.29. The maximum atomic E-state index is 12.5. The quantitative estimate of drug-likeness (QED) is 0.788. The number of benzene rings is 1. The first kappa shape index (κ1) is 18.4. The number of anilines is 1. The number of nitrogens with one attached hydrogen (secondary N) is 2. The Bertz CT molecular complexity index is 999. The Morgan fingerprint density at radius 1 is 1.31 bits per heavy atom. The molecular formula is C17H21N3O5S. The highest BCUT2D eigenvalue weighted by Gasteiger charge is 2.25. The Morgan fingerprint density at radius 3 is 2.81 bits per heavy atom. The summed E-state index contributed by atoms with van der Waals surface area (Å²) in [7, 11) is -3.31. The number of nitrogens with zero attached hydrogens (tertiary/aromatic N) is 1. The molecule has 2 amide bonds. The highest BCUT2D eigenvalue weighted by atomic mass is 32.2. The number of carbonyl (C=O) groups excluding carboxylic acids is 1. The standard InChI is InChI=1S/C17H21N3O5S/c1-11-8-16(21)25-15-9-12(5-6-14(11)15)18-17(22)20-7-3-4-13(10-20)19-26(2,23)24/h5-6,8-9,13,19H,3-4,7,10H2,1-2H3,(H,18,22). The molecule has 0 saturated carbocycles. The van der Waals surface area contributed by atoms with Crippen molar-refractivity contribution in [3.05, 3.63) is 40.2 Å². The first-order valence-corrected chi connectivity index (χ1v) is 10.2. The predicted octanol–water partition coefficient (Wildman–Crippen LogP) is 1.65. The van der Waals surface area contributed by atoms with E-state index in [-0.39, 0.29) is 12.1 Å². The monoisotopic (exact) mass is 379 g/mol. The summed E-state index contributed by atoms with van der Waals surface area (Å²) in [5.41, 5.74) is 1.28. The lowest BCUT2D eigenvalue weighted by Crippen LogP contribution is -2.50. The van der Waals surface area contributed by atoms with E-state index in [2.05, 4.69) is 10.0 Å². The number of hydrogen-bond acceptors (Lipinski definition) is 5. The third kappa shape index (κ3) is 4.41. The summed E-state index contributed by atoms with van der Waals surface area (Å²) in [5, 5.41) is 3.58. The molecule has 1 aromatic carbocycles. The van der Waals surface area contributed by atoms with E-state index >= 15 is 0 Å². The molecule has 1 atom stereocenters. The van der Waals surface area contributed by atoms with Gasteiger partial charge in [-0.3, -0.25) is 0 Å². The minimum Gasteiger partial charge on any atom is -0.423 e. The molecule has 0 aliphatic carbocycles. The summed E-state index contributed by atoms with van der Waals surface area (Å²) in [5.74, 6) is 0. The van der Waals surface area contributed by atoms with Crippen molar-refractivity contribution in [3.63, 3.8) is 0 Å². The Hall–Kier alpha value is -2.39. The van der Waals surface area contributed by atoms with Gasteiger partial charge in [0.1, 0.15) is 5.58 Å². The van der Waals surface area contributed by atoms with Gasteiger partial charge in [-0.1, -0.05) is 0 Å². The fourth-order valence-corrected chi connectivity index (χ4v) is 3.96. The van der Waals surface area contributed by atoms with Gasteiger partial charge in [0.25, 0.3) is 0 Å². The molecule has 1 saturated heterocycles. The molecule has 1 aromatic heterocycles. The summed E-state index contributed by atoms with van der Waals surface area (Å²) in [4.78, 5) is 25.6. The van der Waals surface area contributed by atoms with E-state index in [1.165, 1.54) is 6.07 Å². The van der Waals surface area contributed by atoms with Gasteiger partial charge in [-0.15, -0.1) is 0 Å². The summed E-state index contributed by atoms with van der Waals surface area (Å²) in [6, 6.07) is 5.94. The molecule has 2 heterocycles. The lowest BCUT2D eigenvalue weighted by Gasteiger charge is -2.32. The molecule has 9 heteroatoms. The van der Waals surface area contributed by atoms with Crippen LogP contribution >= 0.6 is 0 Å². The molecule has 2 N–H and O–H groups in total. The van der Waals surface area contributed by atoms with Crippen molar-refractivity contribution < 1.29 is 17.6 Å². The molecule has 0 spiro atoms. The molecule has 8 nitrogen and oxygen atoms in total. The second-order valence-corrected chi connectivity index (χ2v) is 8.34. The molecule has 0 radical (unpaired) electrons. The van der Waals surface area contributed by atoms with E-state index in [9.17, 15) is 18.0 Å². The zero-order chi connectivity index (χ0) is 18.9. The lowest BCUT2D eigenvalue weighted by atomic mass is 10.1. The predicted molar refractivity (Wildman–Crippen MR) is 98.8 cm³/mol. The zero-order valence-corrected chi connectivity index (χ0v) is 15.4. The maximum absolute atomic E-state index is 12.5. The van der Waals surface area contributed by atoms with Crippen LogP contribution in [0, 0.1) is 6.92 Å². The number of rotatable bonds is 3. The molecule has 1 aliphatic rings. The van der Waals surface area contributed by atoms with E-state index in [1.54, 1.807) is 23.1 Å². The number of aryl methyl sites for hydroxylation is 1. The number of urea groups is 1. The van der Waals surface area contributed by atoms with Crippen LogP contribution in [0.25, 0.3) is 11.0 Å². The highest BCUT2D eigenvalue weighted by Crippen LogP contribution is 2.21. The molecule has 0 bridgehead atoms. The smallest absolute Gasteiger partial charge is 0.336 e. The average molecular weight is 379 g/mol. The second kappa shape index (κ2) is 7.08. The summed E-state index contributed by atoms with van der Waals surface area (Å²) in [6.45, 7) is 2.68. The Kier molecular flexibility index (Phi) is 5.01. The third-order valence-electron chi connectivity index (χ3n) is 4.29. The van der Waals surface area contributed by atoms with Crippen molar-refractivity contribution >= 4 is 32.7 Å². The number of hydrogen-bond donors (Lipinski definition) is 2. The maximum Gasteiger partial charge on any atom is 0.336 e. The van der Waals surface area contributed by atoms with Crippen molar-refractivity contribution in [1.82, 2.24) is 9.62 Å². The highest BCUT2D eigenvalue weighted by molar-refractivity contribution is 7.88. The van der Waals surface area contributed by atoms with Crippen LogP contribution in [0.3, 0.4) is 0 Å². The van der Waals surface area contributed by atoms with E-state index in [0.717, 1.165) is 17.2 Å². The number of amides is 2. The van der Waals surface area contributed by atoms with Gasteiger partial charge in [-0.2, -0.15) is 0 Å². The normalized spacial score (nSPS) is 18.1.